The monoisotopic (exact) mass is 413 g/mol. The Morgan fingerprint density at radius 2 is 1.97 bits per heavy atom. The molecule has 29 heavy (non-hydrogen) atoms. The van der Waals surface area contributed by atoms with Gasteiger partial charge in [0.05, 0.1) is 16.7 Å². The predicted molar refractivity (Wildman–Crippen MR) is 117 cm³/mol. The van der Waals surface area contributed by atoms with E-state index in [9.17, 15) is 9.59 Å². The van der Waals surface area contributed by atoms with Crippen LogP contribution in [0.25, 0.3) is 10.9 Å². The average molecular weight is 414 g/mol. The Labute approximate surface area is 174 Å². The van der Waals surface area contributed by atoms with Gasteiger partial charge in [0.1, 0.15) is 0 Å². The summed E-state index contributed by atoms with van der Waals surface area (Å²) >= 11 is 1.32. The molecule has 0 spiro atoms. The van der Waals surface area contributed by atoms with Gasteiger partial charge in [-0.1, -0.05) is 23.9 Å². The average Bonchev–Trinajstić information content (AvgIpc) is 3.01. The number of Topliss-reactive ketones (excluding diaryl/α,β-unsaturated/α-hetero) is 1. The van der Waals surface area contributed by atoms with Crippen molar-refractivity contribution < 1.29 is 9.53 Å². The quantitative estimate of drug-likeness (QED) is 0.231. The van der Waals surface area contributed by atoms with Crippen molar-refractivity contribution >= 4 is 28.4 Å². The van der Waals surface area contributed by atoms with E-state index in [1.807, 2.05) is 38.1 Å². The summed E-state index contributed by atoms with van der Waals surface area (Å²) in [7, 11) is 1.64. The number of aromatic nitrogens is 3. The lowest BCUT2D eigenvalue weighted by Gasteiger charge is -2.13. The first-order chi connectivity index (χ1) is 14.0. The van der Waals surface area contributed by atoms with Crippen molar-refractivity contribution in [2.24, 2.45) is 0 Å². The predicted octanol–water partition coefficient (Wildman–Crippen LogP) is 3.85. The first-order valence-corrected chi connectivity index (χ1v) is 10.8. The van der Waals surface area contributed by atoms with E-state index in [4.69, 9.17) is 4.74 Å². The highest BCUT2D eigenvalue weighted by Gasteiger charge is 2.17. The molecule has 3 rings (SSSR count). The summed E-state index contributed by atoms with van der Waals surface area (Å²) in [4.78, 5) is 30.5. The van der Waals surface area contributed by atoms with Crippen LogP contribution in [0.1, 0.15) is 35.1 Å². The molecule has 2 heterocycles. The standard InChI is InChI=1S/C22H27N3O3S/c1-5-24-15(2)13-18(16(24)3)20(26)14-29-22-23-19-10-7-6-9-17(19)21(27)25(22)11-8-12-28-4/h6-7,9-10,13H,5,8,11-12,14H2,1-4H3. The molecule has 0 saturated carbocycles. The summed E-state index contributed by atoms with van der Waals surface area (Å²) in [6.07, 6.45) is 0.704. The minimum Gasteiger partial charge on any atom is -0.385 e. The van der Waals surface area contributed by atoms with Crippen LogP contribution in [0.15, 0.2) is 40.3 Å². The van der Waals surface area contributed by atoms with Gasteiger partial charge in [0.25, 0.3) is 5.56 Å². The summed E-state index contributed by atoms with van der Waals surface area (Å²) in [6.45, 7) is 7.96. The highest BCUT2D eigenvalue weighted by atomic mass is 32.2. The molecule has 0 unspecified atom stereocenters. The minimum atomic E-state index is -0.0780. The number of nitrogens with zero attached hydrogens (tertiary/aromatic N) is 3. The summed E-state index contributed by atoms with van der Waals surface area (Å²) in [5, 5.41) is 1.16. The van der Waals surface area contributed by atoms with Gasteiger partial charge < -0.3 is 9.30 Å². The maximum atomic E-state index is 13.0. The molecule has 0 aliphatic carbocycles. The van der Waals surface area contributed by atoms with Crippen molar-refractivity contribution in [3.8, 4) is 0 Å². The molecule has 0 bridgehead atoms. The lowest BCUT2D eigenvalue weighted by molar-refractivity contribution is 0.102. The summed E-state index contributed by atoms with van der Waals surface area (Å²) in [5.41, 5.74) is 3.38. The van der Waals surface area contributed by atoms with Crippen LogP contribution < -0.4 is 5.56 Å². The molecule has 2 aromatic heterocycles. The lowest BCUT2D eigenvalue weighted by Crippen LogP contribution is -2.24. The van der Waals surface area contributed by atoms with E-state index in [2.05, 4.69) is 16.5 Å². The fraction of sp³-hybridized carbons (Fsp3) is 0.409. The molecule has 0 aliphatic heterocycles. The fourth-order valence-electron chi connectivity index (χ4n) is 3.60. The zero-order valence-corrected chi connectivity index (χ0v) is 18.2. The number of hydrogen-bond acceptors (Lipinski definition) is 5. The topological polar surface area (TPSA) is 66.1 Å². The lowest BCUT2D eigenvalue weighted by atomic mass is 10.2. The van der Waals surface area contributed by atoms with Crippen LogP contribution in [0, 0.1) is 13.8 Å². The van der Waals surface area contributed by atoms with Gasteiger partial charge in [0, 0.05) is 43.8 Å². The van der Waals surface area contributed by atoms with Crippen LogP contribution in [0.5, 0.6) is 0 Å². The van der Waals surface area contributed by atoms with E-state index in [0.29, 0.717) is 35.6 Å². The Bertz CT molecular complexity index is 1080. The van der Waals surface area contributed by atoms with Gasteiger partial charge in [-0.3, -0.25) is 14.2 Å². The molecule has 0 saturated heterocycles. The van der Waals surface area contributed by atoms with Gasteiger partial charge in [-0.25, -0.2) is 4.98 Å². The van der Waals surface area contributed by atoms with Gasteiger partial charge in [0.15, 0.2) is 10.9 Å². The number of aryl methyl sites for hydroxylation is 1. The zero-order chi connectivity index (χ0) is 21.0. The third kappa shape index (κ3) is 4.46. The summed E-state index contributed by atoms with van der Waals surface area (Å²) < 4.78 is 8.92. The first kappa shape index (κ1) is 21.3. The Morgan fingerprint density at radius 3 is 2.66 bits per heavy atom. The second kappa shape index (κ2) is 9.41. The molecule has 1 aromatic carbocycles. The number of ether oxygens (including phenoxy) is 1. The van der Waals surface area contributed by atoms with Crippen molar-refractivity contribution in [1.29, 1.82) is 0 Å². The molecule has 7 heteroatoms. The van der Waals surface area contributed by atoms with Crippen molar-refractivity contribution in [3.63, 3.8) is 0 Å². The third-order valence-electron chi connectivity index (χ3n) is 5.08. The van der Waals surface area contributed by atoms with Gasteiger partial charge in [0.2, 0.25) is 0 Å². The second-order valence-electron chi connectivity index (χ2n) is 6.96. The molecule has 0 fully saturated rings. The molecule has 0 radical (unpaired) electrons. The maximum absolute atomic E-state index is 13.0. The van der Waals surface area contributed by atoms with Crippen molar-refractivity contribution in [3.05, 3.63) is 57.6 Å². The van der Waals surface area contributed by atoms with Crippen LogP contribution in [0.2, 0.25) is 0 Å². The number of fused-ring (bicyclic) bond motifs is 1. The number of benzene rings is 1. The van der Waals surface area contributed by atoms with Crippen molar-refractivity contribution in [2.45, 2.75) is 45.4 Å². The highest BCUT2D eigenvalue weighted by Crippen LogP contribution is 2.22. The Kier molecular flexibility index (Phi) is 6.92. The molecular weight excluding hydrogens is 386 g/mol. The van der Waals surface area contributed by atoms with E-state index < -0.39 is 0 Å². The summed E-state index contributed by atoms with van der Waals surface area (Å²) in [5.74, 6) is 0.289. The Morgan fingerprint density at radius 1 is 1.21 bits per heavy atom. The van der Waals surface area contributed by atoms with Crippen LogP contribution in [0.4, 0.5) is 0 Å². The fourth-order valence-corrected chi connectivity index (χ4v) is 4.51. The summed E-state index contributed by atoms with van der Waals surface area (Å²) in [6, 6.07) is 9.27. The van der Waals surface area contributed by atoms with E-state index in [-0.39, 0.29) is 17.1 Å². The van der Waals surface area contributed by atoms with Crippen LogP contribution in [-0.2, 0) is 17.8 Å². The molecule has 6 nitrogen and oxygen atoms in total. The largest absolute Gasteiger partial charge is 0.385 e. The highest BCUT2D eigenvalue weighted by molar-refractivity contribution is 7.99. The van der Waals surface area contributed by atoms with Gasteiger partial charge >= 0.3 is 0 Å². The van der Waals surface area contributed by atoms with Crippen molar-refractivity contribution in [2.75, 3.05) is 19.5 Å². The second-order valence-corrected chi connectivity index (χ2v) is 7.90. The number of carbonyl (C=O) groups is 1. The van der Waals surface area contributed by atoms with Gasteiger partial charge in [-0.05, 0) is 45.4 Å². The maximum Gasteiger partial charge on any atom is 0.262 e. The Hall–Kier alpha value is -2.38. The van der Waals surface area contributed by atoms with Gasteiger partial charge in [-0.2, -0.15) is 0 Å². The number of hydrogen-bond donors (Lipinski definition) is 0. The van der Waals surface area contributed by atoms with E-state index in [1.165, 1.54) is 11.8 Å². The number of thioether (sulfide) groups is 1. The molecular formula is C22H27N3O3S. The third-order valence-corrected chi connectivity index (χ3v) is 6.06. The smallest absolute Gasteiger partial charge is 0.262 e. The number of rotatable bonds is 9. The number of ketones is 1. The van der Waals surface area contributed by atoms with Gasteiger partial charge in [-0.15, -0.1) is 0 Å². The van der Waals surface area contributed by atoms with E-state index in [0.717, 1.165) is 23.5 Å². The zero-order valence-electron chi connectivity index (χ0n) is 17.4. The van der Waals surface area contributed by atoms with Crippen LogP contribution >= 0.6 is 11.8 Å². The molecule has 154 valence electrons. The molecule has 0 N–H and O–H groups in total. The molecule has 3 aromatic rings. The normalized spacial score (nSPS) is 11.3. The first-order valence-electron chi connectivity index (χ1n) is 9.79. The number of para-hydroxylation sites is 1. The van der Waals surface area contributed by atoms with Crippen LogP contribution in [-0.4, -0.2) is 39.4 Å². The number of methoxy groups -OCH3 is 1. The molecule has 0 amide bonds. The van der Waals surface area contributed by atoms with E-state index >= 15 is 0 Å². The SMILES string of the molecule is CCn1c(C)cc(C(=O)CSc2nc3ccccc3c(=O)n2CCCOC)c1C. The number of carbonyl (C=O) groups excluding carboxylic acids is 1. The molecule has 0 aliphatic rings. The minimum absolute atomic E-state index is 0.0497. The van der Waals surface area contributed by atoms with Crippen LogP contribution in [0.3, 0.4) is 0 Å². The molecule has 0 atom stereocenters. The Balaban J connectivity index is 1.89. The van der Waals surface area contributed by atoms with E-state index in [1.54, 1.807) is 17.7 Å². The van der Waals surface area contributed by atoms with Crippen molar-refractivity contribution in [1.82, 2.24) is 14.1 Å².